The van der Waals surface area contributed by atoms with Crippen molar-refractivity contribution in [2.75, 3.05) is 12.1 Å². The highest BCUT2D eigenvalue weighted by Crippen LogP contribution is 2.49. The Hall–Kier alpha value is -3.28. The molecule has 0 spiro atoms. The maximum atomic E-state index is 13.0. The number of carbonyl (C=O) groups excluding carboxylic acids is 1. The Kier molecular flexibility index (Phi) is 4.69. The molecule has 1 fully saturated rings. The summed E-state index contributed by atoms with van der Waals surface area (Å²) in [6, 6.07) is 15.6. The summed E-state index contributed by atoms with van der Waals surface area (Å²) < 4.78 is 16.3. The van der Waals surface area contributed by atoms with Gasteiger partial charge >= 0.3 is 0 Å². The lowest BCUT2D eigenvalue weighted by Crippen LogP contribution is -2.28. The van der Waals surface area contributed by atoms with Gasteiger partial charge in [0.2, 0.25) is 12.7 Å². The average Bonchev–Trinajstić information content (AvgIpc) is 3.21. The van der Waals surface area contributed by atoms with E-state index in [2.05, 4.69) is 29.5 Å². The molecule has 0 saturated heterocycles. The number of anilines is 1. The summed E-state index contributed by atoms with van der Waals surface area (Å²) in [5.41, 5.74) is 3.01. The van der Waals surface area contributed by atoms with Crippen LogP contribution < -0.4 is 14.8 Å². The van der Waals surface area contributed by atoms with Crippen LogP contribution in [-0.4, -0.2) is 17.9 Å². The van der Waals surface area contributed by atoms with E-state index in [4.69, 9.17) is 14.0 Å². The van der Waals surface area contributed by atoms with Gasteiger partial charge in [0.1, 0.15) is 0 Å². The lowest BCUT2D eigenvalue weighted by atomic mass is 10.00. The third-order valence-electron chi connectivity index (χ3n) is 5.87. The Labute approximate surface area is 175 Å². The van der Waals surface area contributed by atoms with Gasteiger partial charge in [0.15, 0.2) is 17.3 Å². The molecule has 5 rings (SSSR count). The zero-order valence-corrected chi connectivity index (χ0v) is 16.9. The molecule has 2 aromatic carbocycles. The van der Waals surface area contributed by atoms with Crippen molar-refractivity contribution in [1.82, 2.24) is 5.16 Å². The predicted molar refractivity (Wildman–Crippen MR) is 113 cm³/mol. The van der Waals surface area contributed by atoms with Gasteiger partial charge in [-0.05, 0) is 61.6 Å². The van der Waals surface area contributed by atoms with Crippen LogP contribution in [0.1, 0.15) is 43.9 Å². The Bertz CT molecular complexity index is 1070. The average molecular weight is 404 g/mol. The number of fused-ring (bicyclic) bond motifs is 1. The second kappa shape index (κ2) is 7.52. The minimum Gasteiger partial charge on any atom is -0.454 e. The summed E-state index contributed by atoms with van der Waals surface area (Å²) in [5.74, 6) is 1.99. The van der Waals surface area contributed by atoms with Crippen molar-refractivity contribution in [1.29, 1.82) is 0 Å². The van der Waals surface area contributed by atoms with E-state index in [0.717, 1.165) is 36.3 Å². The summed E-state index contributed by atoms with van der Waals surface area (Å²) in [5, 5.41) is 7.28. The van der Waals surface area contributed by atoms with Crippen LogP contribution in [-0.2, 0) is 16.6 Å². The monoisotopic (exact) mass is 404 g/mol. The maximum Gasteiger partial charge on any atom is 0.236 e. The van der Waals surface area contributed by atoms with Crippen LogP contribution in [0, 0.1) is 0 Å². The minimum atomic E-state index is -0.612. The second-order valence-corrected chi connectivity index (χ2v) is 7.98. The molecule has 1 N–H and O–H groups in total. The molecule has 1 aliphatic heterocycles. The maximum absolute atomic E-state index is 13.0. The Morgan fingerprint density at radius 3 is 2.63 bits per heavy atom. The molecule has 154 valence electrons. The molecule has 0 bridgehead atoms. The molecule has 6 heteroatoms. The van der Waals surface area contributed by atoms with Crippen molar-refractivity contribution < 1.29 is 18.8 Å². The van der Waals surface area contributed by atoms with Gasteiger partial charge in [-0.2, -0.15) is 0 Å². The fraction of sp³-hybridized carbons (Fsp3) is 0.333. The van der Waals surface area contributed by atoms with Gasteiger partial charge in [-0.1, -0.05) is 30.6 Å². The summed E-state index contributed by atoms with van der Waals surface area (Å²) in [6.45, 7) is 2.41. The number of ether oxygens (including phenoxy) is 2. The number of rotatable bonds is 7. The van der Waals surface area contributed by atoms with Crippen LogP contribution >= 0.6 is 0 Å². The highest BCUT2D eigenvalue weighted by Gasteiger charge is 2.53. The lowest BCUT2D eigenvalue weighted by Gasteiger charge is -2.13. The first kappa shape index (κ1) is 18.7. The first-order chi connectivity index (χ1) is 14.7. The molecule has 0 atom stereocenters. The minimum absolute atomic E-state index is 0.0330. The lowest BCUT2D eigenvalue weighted by molar-refractivity contribution is -0.118. The third-order valence-corrected chi connectivity index (χ3v) is 5.87. The molecule has 3 aromatic rings. The Balaban J connectivity index is 1.30. The molecule has 0 radical (unpaired) electrons. The van der Waals surface area contributed by atoms with Gasteiger partial charge in [0.25, 0.3) is 0 Å². The zero-order chi connectivity index (χ0) is 20.6. The van der Waals surface area contributed by atoms with E-state index < -0.39 is 5.41 Å². The van der Waals surface area contributed by atoms with Crippen molar-refractivity contribution in [2.24, 2.45) is 0 Å². The molecule has 30 heavy (non-hydrogen) atoms. The number of aromatic nitrogens is 1. The van der Waals surface area contributed by atoms with Gasteiger partial charge in [-0.15, -0.1) is 0 Å². The first-order valence-electron chi connectivity index (χ1n) is 10.5. The van der Waals surface area contributed by atoms with Gasteiger partial charge in [-0.25, -0.2) is 0 Å². The molecule has 1 aromatic heterocycles. The van der Waals surface area contributed by atoms with Gasteiger partial charge in [0, 0.05) is 17.3 Å². The van der Waals surface area contributed by atoms with E-state index in [1.807, 2.05) is 36.4 Å². The number of unbranched alkanes of at least 4 members (excludes halogenated alkanes) is 1. The first-order valence-corrected chi connectivity index (χ1v) is 10.5. The van der Waals surface area contributed by atoms with Crippen molar-refractivity contribution in [3.63, 3.8) is 0 Å². The molecule has 1 aliphatic carbocycles. The SMILES string of the molecule is CCCCc1ccc(NC(=O)C2(c3cc(-c4ccc5c(c4)OCO5)on3)CC2)cc1. The molecule has 0 unspecified atom stereocenters. The van der Waals surface area contributed by atoms with E-state index in [-0.39, 0.29) is 12.7 Å². The summed E-state index contributed by atoms with van der Waals surface area (Å²) in [7, 11) is 0. The van der Waals surface area contributed by atoms with Gasteiger partial charge in [0.05, 0.1) is 11.1 Å². The number of hydrogen-bond donors (Lipinski definition) is 1. The number of nitrogens with zero attached hydrogens (tertiary/aromatic N) is 1. The number of aryl methyl sites for hydroxylation is 1. The van der Waals surface area contributed by atoms with Gasteiger partial charge in [-0.3, -0.25) is 4.79 Å². The molecular weight excluding hydrogens is 380 g/mol. The van der Waals surface area contributed by atoms with Crippen molar-refractivity contribution in [2.45, 2.75) is 44.4 Å². The topological polar surface area (TPSA) is 73.6 Å². The number of hydrogen-bond acceptors (Lipinski definition) is 5. The summed E-state index contributed by atoms with van der Waals surface area (Å²) in [6.07, 6.45) is 4.94. The van der Waals surface area contributed by atoms with Crippen LogP contribution in [0.3, 0.4) is 0 Å². The molecule has 2 aliphatic rings. The number of carbonyl (C=O) groups is 1. The van der Waals surface area contributed by atoms with Gasteiger partial charge < -0.3 is 19.3 Å². The number of benzene rings is 2. The zero-order valence-electron chi connectivity index (χ0n) is 16.9. The van der Waals surface area contributed by atoms with Crippen LogP contribution in [0.5, 0.6) is 11.5 Å². The highest BCUT2D eigenvalue weighted by molar-refractivity contribution is 6.01. The van der Waals surface area contributed by atoms with Crippen LogP contribution in [0.4, 0.5) is 5.69 Å². The number of amides is 1. The molecule has 1 saturated carbocycles. The molecule has 6 nitrogen and oxygen atoms in total. The van der Waals surface area contributed by atoms with E-state index in [9.17, 15) is 4.79 Å². The second-order valence-electron chi connectivity index (χ2n) is 7.98. The van der Waals surface area contributed by atoms with E-state index in [0.29, 0.717) is 17.2 Å². The van der Waals surface area contributed by atoms with Crippen molar-refractivity contribution in [3.05, 3.63) is 59.8 Å². The predicted octanol–water partition coefficient (Wildman–Crippen LogP) is 5.08. The standard InChI is InChI=1S/C24H24N2O4/c1-2-3-4-16-5-8-18(9-6-16)25-23(27)24(11-12-24)22-14-20(30-26-22)17-7-10-19-21(13-17)29-15-28-19/h5-10,13-14H,2-4,11-12,15H2,1H3,(H,25,27). The Morgan fingerprint density at radius 1 is 1.07 bits per heavy atom. The van der Waals surface area contributed by atoms with E-state index in [1.165, 1.54) is 18.4 Å². The largest absolute Gasteiger partial charge is 0.454 e. The number of nitrogens with one attached hydrogen (secondary N) is 1. The normalized spacial score (nSPS) is 15.8. The van der Waals surface area contributed by atoms with Crippen LogP contribution in [0.15, 0.2) is 53.1 Å². The van der Waals surface area contributed by atoms with Crippen molar-refractivity contribution >= 4 is 11.6 Å². The fourth-order valence-electron chi connectivity index (χ4n) is 3.80. The quantitative estimate of drug-likeness (QED) is 0.594. The van der Waals surface area contributed by atoms with E-state index >= 15 is 0 Å². The molecular formula is C24H24N2O4. The molecule has 2 heterocycles. The van der Waals surface area contributed by atoms with Crippen LogP contribution in [0.2, 0.25) is 0 Å². The third kappa shape index (κ3) is 3.43. The van der Waals surface area contributed by atoms with E-state index in [1.54, 1.807) is 0 Å². The molecule has 1 amide bonds. The fourth-order valence-corrected chi connectivity index (χ4v) is 3.80. The van der Waals surface area contributed by atoms with Crippen LogP contribution in [0.25, 0.3) is 11.3 Å². The smallest absolute Gasteiger partial charge is 0.236 e. The summed E-state index contributed by atoms with van der Waals surface area (Å²) >= 11 is 0. The summed E-state index contributed by atoms with van der Waals surface area (Å²) in [4.78, 5) is 13.0. The highest BCUT2D eigenvalue weighted by atomic mass is 16.7. The van der Waals surface area contributed by atoms with Crippen molar-refractivity contribution in [3.8, 4) is 22.8 Å². The Morgan fingerprint density at radius 2 is 1.87 bits per heavy atom.